The van der Waals surface area contributed by atoms with Crippen LogP contribution in [0.25, 0.3) is 0 Å². The van der Waals surface area contributed by atoms with E-state index >= 15 is 0 Å². The maximum Gasteiger partial charge on any atom is 0.407 e. The minimum Gasteiger partial charge on any atom is -0.465 e. The second-order valence-corrected chi connectivity index (χ2v) is 3.54. The van der Waals surface area contributed by atoms with E-state index in [1.54, 1.807) is 0 Å². The third kappa shape index (κ3) is 2.34. The molecule has 0 aromatic carbocycles. The summed E-state index contributed by atoms with van der Waals surface area (Å²) in [4.78, 5) is 12.1. The van der Waals surface area contributed by atoms with E-state index in [0.29, 0.717) is 13.0 Å². The van der Waals surface area contributed by atoms with Crippen LogP contribution in [0.2, 0.25) is 0 Å². The fourth-order valence-corrected chi connectivity index (χ4v) is 1.84. The predicted molar refractivity (Wildman–Crippen MR) is 48.7 cm³/mol. The molecule has 2 unspecified atom stereocenters. The molecule has 0 aliphatic carbocycles. The zero-order chi connectivity index (χ0) is 9.84. The number of aliphatic hydroxyl groups excluding tert-OH is 1. The lowest BCUT2D eigenvalue weighted by atomic mass is 10.1. The van der Waals surface area contributed by atoms with Crippen molar-refractivity contribution in [3.05, 3.63) is 0 Å². The second kappa shape index (κ2) is 4.46. The Labute approximate surface area is 78.2 Å². The van der Waals surface area contributed by atoms with E-state index in [0.717, 1.165) is 19.3 Å². The highest BCUT2D eigenvalue weighted by Crippen LogP contribution is 2.22. The van der Waals surface area contributed by atoms with Crippen LogP contribution in [-0.4, -0.2) is 39.9 Å². The molecule has 2 atom stereocenters. The van der Waals surface area contributed by atoms with Crippen molar-refractivity contribution in [3.63, 3.8) is 0 Å². The summed E-state index contributed by atoms with van der Waals surface area (Å²) in [6.45, 7) is 2.54. The van der Waals surface area contributed by atoms with E-state index in [2.05, 4.69) is 6.92 Å². The van der Waals surface area contributed by atoms with Crippen molar-refractivity contribution in [2.75, 3.05) is 6.54 Å². The summed E-state index contributed by atoms with van der Waals surface area (Å²) in [6.07, 6.45) is 2.02. The lowest BCUT2D eigenvalue weighted by Gasteiger charge is -2.23. The van der Waals surface area contributed by atoms with Crippen molar-refractivity contribution >= 4 is 6.09 Å². The molecule has 1 heterocycles. The van der Waals surface area contributed by atoms with Crippen LogP contribution in [0.4, 0.5) is 4.79 Å². The van der Waals surface area contributed by atoms with Crippen LogP contribution in [0.5, 0.6) is 0 Å². The Bertz CT molecular complexity index is 184. The summed E-state index contributed by atoms with van der Waals surface area (Å²) < 4.78 is 0. The van der Waals surface area contributed by atoms with Gasteiger partial charge in [0, 0.05) is 6.54 Å². The molecule has 0 spiro atoms. The van der Waals surface area contributed by atoms with Gasteiger partial charge in [0.05, 0.1) is 12.1 Å². The minimum absolute atomic E-state index is 0.169. The van der Waals surface area contributed by atoms with Gasteiger partial charge in [-0.15, -0.1) is 0 Å². The molecule has 0 bridgehead atoms. The largest absolute Gasteiger partial charge is 0.465 e. The van der Waals surface area contributed by atoms with Crippen LogP contribution < -0.4 is 0 Å². The standard InChI is InChI=1S/C9H17NO3/c1-2-3-4-7-8(11)5-6-10(7)9(12)13/h7-8,11H,2-6H2,1H3,(H,12,13). The topological polar surface area (TPSA) is 60.8 Å². The summed E-state index contributed by atoms with van der Waals surface area (Å²) in [5.74, 6) is 0. The number of carboxylic acid groups (broad SMARTS) is 1. The van der Waals surface area contributed by atoms with Gasteiger partial charge in [0.15, 0.2) is 0 Å². The fraction of sp³-hybridized carbons (Fsp3) is 0.889. The fourth-order valence-electron chi connectivity index (χ4n) is 1.84. The van der Waals surface area contributed by atoms with E-state index in [1.165, 1.54) is 4.90 Å². The minimum atomic E-state index is -0.905. The van der Waals surface area contributed by atoms with E-state index in [1.807, 2.05) is 0 Å². The number of unbranched alkanes of at least 4 members (excludes halogenated alkanes) is 1. The van der Waals surface area contributed by atoms with E-state index in [-0.39, 0.29) is 6.04 Å². The highest BCUT2D eigenvalue weighted by atomic mass is 16.4. The third-order valence-corrected chi connectivity index (χ3v) is 2.61. The normalized spacial score (nSPS) is 28.0. The van der Waals surface area contributed by atoms with Crippen molar-refractivity contribution in [3.8, 4) is 0 Å². The summed E-state index contributed by atoms with van der Waals surface area (Å²) >= 11 is 0. The Hall–Kier alpha value is -0.770. The third-order valence-electron chi connectivity index (χ3n) is 2.61. The Morgan fingerprint density at radius 1 is 1.62 bits per heavy atom. The van der Waals surface area contributed by atoms with Gasteiger partial charge >= 0.3 is 6.09 Å². The SMILES string of the molecule is CCCCC1C(O)CCN1C(=O)O. The van der Waals surface area contributed by atoms with Crippen LogP contribution in [0.3, 0.4) is 0 Å². The van der Waals surface area contributed by atoms with Crippen molar-refractivity contribution in [2.45, 2.75) is 44.8 Å². The van der Waals surface area contributed by atoms with Crippen molar-refractivity contribution in [2.24, 2.45) is 0 Å². The monoisotopic (exact) mass is 187 g/mol. The molecule has 0 saturated carbocycles. The van der Waals surface area contributed by atoms with Crippen molar-refractivity contribution in [1.29, 1.82) is 0 Å². The molecular weight excluding hydrogens is 170 g/mol. The number of hydrogen-bond donors (Lipinski definition) is 2. The van der Waals surface area contributed by atoms with Gasteiger partial charge in [0.2, 0.25) is 0 Å². The van der Waals surface area contributed by atoms with Gasteiger partial charge < -0.3 is 15.1 Å². The van der Waals surface area contributed by atoms with E-state index in [9.17, 15) is 9.90 Å². The number of likely N-dealkylation sites (tertiary alicyclic amines) is 1. The maximum atomic E-state index is 10.7. The molecule has 1 aliphatic heterocycles. The van der Waals surface area contributed by atoms with E-state index in [4.69, 9.17) is 5.11 Å². The first-order chi connectivity index (χ1) is 6.16. The predicted octanol–water partition coefficient (Wildman–Crippen LogP) is 1.29. The molecule has 1 amide bonds. The number of hydrogen-bond acceptors (Lipinski definition) is 2. The van der Waals surface area contributed by atoms with Gasteiger partial charge in [-0.1, -0.05) is 19.8 Å². The molecule has 0 aromatic heterocycles. The molecule has 76 valence electrons. The lowest BCUT2D eigenvalue weighted by molar-refractivity contribution is 0.0952. The highest BCUT2D eigenvalue weighted by molar-refractivity contribution is 5.66. The molecule has 0 radical (unpaired) electrons. The average molecular weight is 187 g/mol. The average Bonchev–Trinajstić information content (AvgIpc) is 2.43. The Morgan fingerprint density at radius 3 is 2.85 bits per heavy atom. The quantitative estimate of drug-likeness (QED) is 0.699. The second-order valence-electron chi connectivity index (χ2n) is 3.54. The van der Waals surface area contributed by atoms with Gasteiger partial charge in [-0.3, -0.25) is 0 Å². The van der Waals surface area contributed by atoms with Crippen molar-refractivity contribution in [1.82, 2.24) is 4.90 Å². The smallest absolute Gasteiger partial charge is 0.407 e. The Balaban J connectivity index is 2.50. The van der Waals surface area contributed by atoms with Gasteiger partial charge in [-0.2, -0.15) is 0 Å². The van der Waals surface area contributed by atoms with E-state index < -0.39 is 12.2 Å². The molecular formula is C9H17NO3. The maximum absolute atomic E-state index is 10.7. The molecule has 1 fully saturated rings. The molecule has 1 saturated heterocycles. The molecule has 1 rings (SSSR count). The van der Waals surface area contributed by atoms with Crippen LogP contribution in [-0.2, 0) is 0 Å². The van der Waals surface area contributed by atoms with Crippen LogP contribution in [0, 0.1) is 0 Å². The number of carbonyl (C=O) groups is 1. The number of aliphatic hydroxyl groups is 1. The molecule has 4 heteroatoms. The number of amides is 1. The van der Waals surface area contributed by atoms with Crippen LogP contribution in [0.15, 0.2) is 0 Å². The number of nitrogens with zero attached hydrogens (tertiary/aromatic N) is 1. The first-order valence-electron chi connectivity index (χ1n) is 4.84. The zero-order valence-corrected chi connectivity index (χ0v) is 7.94. The van der Waals surface area contributed by atoms with Gasteiger partial charge in [-0.05, 0) is 12.8 Å². The van der Waals surface area contributed by atoms with Gasteiger partial charge in [0.25, 0.3) is 0 Å². The van der Waals surface area contributed by atoms with Gasteiger partial charge in [-0.25, -0.2) is 4.79 Å². The van der Waals surface area contributed by atoms with Crippen LogP contribution >= 0.6 is 0 Å². The number of rotatable bonds is 3. The zero-order valence-electron chi connectivity index (χ0n) is 7.94. The molecule has 1 aliphatic rings. The Morgan fingerprint density at radius 2 is 2.31 bits per heavy atom. The molecule has 13 heavy (non-hydrogen) atoms. The molecule has 4 nitrogen and oxygen atoms in total. The highest BCUT2D eigenvalue weighted by Gasteiger charge is 2.34. The molecule has 0 aromatic rings. The first-order valence-corrected chi connectivity index (χ1v) is 4.84. The van der Waals surface area contributed by atoms with Crippen LogP contribution in [0.1, 0.15) is 32.6 Å². The molecule has 2 N–H and O–H groups in total. The van der Waals surface area contributed by atoms with Gasteiger partial charge in [0.1, 0.15) is 0 Å². The summed E-state index contributed by atoms with van der Waals surface area (Å²) in [5, 5.41) is 18.3. The Kier molecular flexibility index (Phi) is 3.54. The summed E-state index contributed by atoms with van der Waals surface area (Å²) in [6, 6.07) is -0.169. The summed E-state index contributed by atoms with van der Waals surface area (Å²) in [5.41, 5.74) is 0. The summed E-state index contributed by atoms with van der Waals surface area (Å²) in [7, 11) is 0. The van der Waals surface area contributed by atoms with Crippen molar-refractivity contribution < 1.29 is 15.0 Å². The first kappa shape index (κ1) is 10.3. The lowest BCUT2D eigenvalue weighted by Crippen LogP contribution is -2.38.